The molecule has 1 saturated carbocycles. The van der Waals surface area contributed by atoms with E-state index < -0.39 is 0 Å². The number of para-hydroxylation sites is 1. The van der Waals surface area contributed by atoms with Crippen molar-refractivity contribution >= 4 is 0 Å². The maximum absolute atomic E-state index is 5.66. The second-order valence-electron chi connectivity index (χ2n) is 9.49. The van der Waals surface area contributed by atoms with Crippen LogP contribution in [0.4, 0.5) is 0 Å². The number of fused-ring (bicyclic) bond motifs is 2. The van der Waals surface area contributed by atoms with E-state index >= 15 is 0 Å². The zero-order valence-corrected chi connectivity index (χ0v) is 17.0. The van der Waals surface area contributed by atoms with Crippen LogP contribution in [0.25, 0.3) is 0 Å². The van der Waals surface area contributed by atoms with Gasteiger partial charge in [-0.2, -0.15) is 0 Å². The first-order valence-electron chi connectivity index (χ1n) is 11.4. The zero-order chi connectivity index (χ0) is 18.2. The number of methoxy groups -OCH3 is 1. The molecule has 0 aromatic heterocycles. The molecule has 6 rings (SSSR count). The van der Waals surface area contributed by atoms with Crippen molar-refractivity contribution in [1.29, 1.82) is 0 Å². The predicted molar refractivity (Wildman–Crippen MR) is 110 cm³/mol. The number of likely N-dealkylation sites (tertiary alicyclic amines) is 1. The third kappa shape index (κ3) is 3.31. The Morgan fingerprint density at radius 3 is 2.41 bits per heavy atom. The lowest BCUT2D eigenvalue weighted by Crippen LogP contribution is -2.69. The molecule has 1 aliphatic carbocycles. The Kier molecular flexibility index (Phi) is 5.17. The highest BCUT2D eigenvalue weighted by atomic mass is 16.5. The highest BCUT2D eigenvalue weighted by Gasteiger charge is 2.51. The summed E-state index contributed by atoms with van der Waals surface area (Å²) in [5.74, 6) is 3.93. The van der Waals surface area contributed by atoms with E-state index in [1.54, 1.807) is 0 Å². The van der Waals surface area contributed by atoms with Crippen molar-refractivity contribution in [2.75, 3.05) is 26.7 Å². The normalized spacial score (nSPS) is 37.1. The molecule has 4 heterocycles. The van der Waals surface area contributed by atoms with Crippen LogP contribution >= 0.6 is 0 Å². The van der Waals surface area contributed by atoms with Gasteiger partial charge in [-0.15, -0.1) is 0 Å². The van der Waals surface area contributed by atoms with Crippen LogP contribution in [-0.2, 0) is 6.54 Å². The van der Waals surface area contributed by atoms with E-state index in [9.17, 15) is 0 Å². The predicted octanol–water partition coefficient (Wildman–Crippen LogP) is 4.56. The van der Waals surface area contributed by atoms with Crippen molar-refractivity contribution in [3.63, 3.8) is 0 Å². The number of ether oxygens (including phenoxy) is 1. The zero-order valence-electron chi connectivity index (χ0n) is 17.0. The van der Waals surface area contributed by atoms with Crippen LogP contribution < -0.4 is 4.74 Å². The van der Waals surface area contributed by atoms with E-state index in [-0.39, 0.29) is 0 Å². The van der Waals surface area contributed by atoms with E-state index in [1.807, 2.05) is 7.11 Å². The molecule has 0 N–H and O–H groups in total. The smallest absolute Gasteiger partial charge is 0.123 e. The molecule has 0 spiro atoms. The van der Waals surface area contributed by atoms with Gasteiger partial charge in [0.2, 0.25) is 0 Å². The van der Waals surface area contributed by atoms with E-state index in [0.29, 0.717) is 0 Å². The summed E-state index contributed by atoms with van der Waals surface area (Å²) in [6.45, 7) is 5.06. The van der Waals surface area contributed by atoms with Crippen molar-refractivity contribution in [3.05, 3.63) is 29.8 Å². The second-order valence-corrected chi connectivity index (χ2v) is 9.49. The Morgan fingerprint density at radius 2 is 1.63 bits per heavy atom. The summed E-state index contributed by atoms with van der Waals surface area (Å²) in [6.07, 6.45) is 11.7. The Bertz CT molecular complexity index is 633. The Hall–Kier alpha value is -1.06. The fourth-order valence-corrected chi connectivity index (χ4v) is 7.04. The summed E-state index contributed by atoms with van der Waals surface area (Å²) in [5.41, 5.74) is 1.37. The lowest BCUT2D eigenvalue weighted by Gasteiger charge is -2.61. The molecule has 1 aromatic carbocycles. The van der Waals surface area contributed by atoms with Crippen molar-refractivity contribution in [1.82, 2.24) is 9.80 Å². The van der Waals surface area contributed by atoms with Crippen LogP contribution in [0.3, 0.4) is 0 Å². The molecule has 148 valence electrons. The molecule has 5 fully saturated rings. The first kappa shape index (κ1) is 18.0. The third-order valence-corrected chi connectivity index (χ3v) is 8.26. The van der Waals surface area contributed by atoms with E-state index in [4.69, 9.17) is 4.74 Å². The monoisotopic (exact) mass is 368 g/mol. The van der Waals surface area contributed by atoms with Crippen LogP contribution in [0, 0.1) is 17.8 Å². The van der Waals surface area contributed by atoms with Crippen molar-refractivity contribution in [2.45, 2.75) is 70.0 Å². The quantitative estimate of drug-likeness (QED) is 0.775. The van der Waals surface area contributed by atoms with Crippen molar-refractivity contribution < 1.29 is 4.74 Å². The van der Waals surface area contributed by atoms with Gasteiger partial charge in [-0.05, 0) is 62.7 Å². The summed E-state index contributed by atoms with van der Waals surface area (Å²) in [4.78, 5) is 5.75. The van der Waals surface area contributed by atoms with Gasteiger partial charge in [0.25, 0.3) is 0 Å². The van der Waals surface area contributed by atoms with E-state index in [0.717, 1.165) is 42.1 Å². The van der Waals surface area contributed by atoms with Gasteiger partial charge in [0.05, 0.1) is 7.11 Å². The van der Waals surface area contributed by atoms with Crippen molar-refractivity contribution in [2.24, 2.45) is 17.8 Å². The fourth-order valence-electron chi connectivity index (χ4n) is 7.04. The Morgan fingerprint density at radius 1 is 0.852 bits per heavy atom. The minimum absolute atomic E-state index is 0.776. The van der Waals surface area contributed by atoms with Gasteiger partial charge in [-0.3, -0.25) is 9.80 Å². The number of rotatable bonds is 4. The van der Waals surface area contributed by atoms with Gasteiger partial charge in [-0.25, -0.2) is 0 Å². The molecule has 4 aliphatic heterocycles. The molecule has 3 heteroatoms. The minimum atomic E-state index is 0.776. The average Bonchev–Trinajstić information content (AvgIpc) is 2.75. The molecule has 1 aromatic rings. The molecular formula is C24H36N2O. The van der Waals surface area contributed by atoms with Gasteiger partial charge in [0.1, 0.15) is 5.75 Å². The van der Waals surface area contributed by atoms with Gasteiger partial charge in [0.15, 0.2) is 0 Å². The molecule has 3 atom stereocenters. The Balaban J connectivity index is 1.40. The highest BCUT2D eigenvalue weighted by molar-refractivity contribution is 5.33. The third-order valence-electron chi connectivity index (χ3n) is 8.26. The molecule has 0 unspecified atom stereocenters. The summed E-state index contributed by atoms with van der Waals surface area (Å²) in [7, 11) is 1.81. The molecule has 0 radical (unpaired) electrons. The molecule has 3 nitrogen and oxygen atoms in total. The summed E-state index contributed by atoms with van der Waals surface area (Å²) >= 11 is 0. The first-order chi connectivity index (χ1) is 13.3. The second kappa shape index (κ2) is 7.75. The van der Waals surface area contributed by atoms with Crippen LogP contribution in [-0.4, -0.2) is 48.6 Å². The topological polar surface area (TPSA) is 15.7 Å². The van der Waals surface area contributed by atoms with Gasteiger partial charge >= 0.3 is 0 Å². The molecule has 27 heavy (non-hydrogen) atoms. The summed E-state index contributed by atoms with van der Waals surface area (Å²) in [5, 5.41) is 0. The van der Waals surface area contributed by atoms with Crippen molar-refractivity contribution in [3.8, 4) is 5.75 Å². The highest BCUT2D eigenvalue weighted by Crippen LogP contribution is 2.47. The maximum atomic E-state index is 5.66. The average molecular weight is 369 g/mol. The molecule has 4 saturated heterocycles. The van der Waals surface area contributed by atoms with Gasteiger partial charge in [0, 0.05) is 24.2 Å². The number of hydrogen-bond acceptors (Lipinski definition) is 3. The summed E-state index contributed by atoms with van der Waals surface area (Å²) in [6, 6.07) is 10.2. The SMILES string of the molecule is COc1ccccc1CN1CC[C@H](C2CCCCC2)[C@H]2[C@@H]1C1CCN2CC1. The maximum Gasteiger partial charge on any atom is 0.123 e. The molecule has 5 aliphatic rings. The molecule has 0 amide bonds. The number of hydrogen-bond donors (Lipinski definition) is 0. The fraction of sp³-hybridized carbons (Fsp3) is 0.750. The van der Waals surface area contributed by atoms with E-state index in [1.165, 1.54) is 76.6 Å². The Labute approximate surface area is 165 Å². The van der Waals surface area contributed by atoms with Gasteiger partial charge in [-0.1, -0.05) is 50.3 Å². The van der Waals surface area contributed by atoms with Gasteiger partial charge < -0.3 is 4.74 Å². The minimum Gasteiger partial charge on any atom is -0.496 e. The van der Waals surface area contributed by atoms with Crippen LogP contribution in [0.1, 0.15) is 56.9 Å². The molecular weight excluding hydrogens is 332 g/mol. The lowest BCUT2D eigenvalue weighted by molar-refractivity contribution is -0.111. The van der Waals surface area contributed by atoms with Crippen LogP contribution in [0.2, 0.25) is 0 Å². The first-order valence-corrected chi connectivity index (χ1v) is 11.4. The number of piperidine rings is 4. The van der Waals surface area contributed by atoms with Crippen LogP contribution in [0.5, 0.6) is 5.75 Å². The summed E-state index contributed by atoms with van der Waals surface area (Å²) < 4.78 is 5.66. The number of nitrogens with zero attached hydrogens (tertiary/aromatic N) is 2. The van der Waals surface area contributed by atoms with Crippen LogP contribution in [0.15, 0.2) is 24.3 Å². The number of benzene rings is 1. The lowest BCUT2D eigenvalue weighted by atomic mass is 9.64. The van der Waals surface area contributed by atoms with E-state index in [2.05, 4.69) is 34.1 Å². The largest absolute Gasteiger partial charge is 0.496 e. The standard InChI is InChI=1S/C24H36N2O/c1-27-22-10-6-5-9-20(22)17-26-16-13-21(18-7-3-2-4-8-18)24-23(26)19-11-14-25(24)15-12-19/h5-6,9-10,18-19,21,23-24H,2-4,7-8,11-17H2,1H3/t21-,23+,24+/m1/s1. The molecule has 2 bridgehead atoms.